The molecule has 1 aliphatic carbocycles. The summed E-state index contributed by atoms with van der Waals surface area (Å²) in [5.41, 5.74) is 1.18. The molecule has 5 heteroatoms. The first kappa shape index (κ1) is 17.1. The summed E-state index contributed by atoms with van der Waals surface area (Å²) in [5.74, 6) is 1.36. The maximum absolute atomic E-state index is 9.82. The van der Waals surface area contributed by atoms with Crippen molar-refractivity contribution in [3.63, 3.8) is 0 Å². The molecule has 1 unspecified atom stereocenters. The van der Waals surface area contributed by atoms with Crippen molar-refractivity contribution in [1.29, 1.82) is 0 Å². The van der Waals surface area contributed by atoms with E-state index in [-0.39, 0.29) is 6.10 Å². The van der Waals surface area contributed by atoms with E-state index in [2.05, 4.69) is 27.2 Å². The van der Waals surface area contributed by atoms with Crippen LogP contribution in [0.5, 0.6) is 0 Å². The molecule has 0 saturated heterocycles. The van der Waals surface area contributed by atoms with Crippen molar-refractivity contribution in [1.82, 2.24) is 15.0 Å². The highest BCUT2D eigenvalue weighted by atomic mass is 16.5. The highest BCUT2D eigenvalue weighted by molar-refractivity contribution is 5.18. The Morgan fingerprint density at radius 1 is 1.21 bits per heavy atom. The Labute approximate surface area is 143 Å². The molecule has 1 N–H and O–H groups in total. The van der Waals surface area contributed by atoms with E-state index in [1.165, 1.54) is 37.7 Å². The molecule has 0 amide bonds. The third kappa shape index (κ3) is 4.89. The van der Waals surface area contributed by atoms with E-state index in [9.17, 15) is 5.11 Å². The average molecular weight is 329 g/mol. The van der Waals surface area contributed by atoms with Gasteiger partial charge in [-0.1, -0.05) is 54.8 Å². The summed E-state index contributed by atoms with van der Waals surface area (Å²) in [6.07, 6.45) is 6.58. The van der Waals surface area contributed by atoms with Crippen LogP contribution >= 0.6 is 0 Å². The fraction of sp³-hybridized carbons (Fsp3) is 0.579. The minimum absolute atomic E-state index is 0.348. The van der Waals surface area contributed by atoms with E-state index in [0.717, 1.165) is 5.82 Å². The third-order valence-corrected chi connectivity index (χ3v) is 4.64. The fourth-order valence-corrected chi connectivity index (χ4v) is 3.51. The normalized spacial score (nSPS) is 17.3. The van der Waals surface area contributed by atoms with E-state index in [1.54, 1.807) is 0 Å². The largest absolute Gasteiger partial charge is 0.392 e. The monoisotopic (exact) mass is 329 g/mol. The van der Waals surface area contributed by atoms with Crippen LogP contribution in [0.3, 0.4) is 0 Å². The van der Waals surface area contributed by atoms with Crippen LogP contribution in [-0.4, -0.2) is 38.8 Å². The van der Waals surface area contributed by atoms with Gasteiger partial charge in [0.15, 0.2) is 5.82 Å². The summed E-state index contributed by atoms with van der Waals surface area (Å²) in [6, 6.07) is 10.7. The molecule has 3 rings (SSSR count). The molecular weight excluding hydrogens is 302 g/mol. The number of aromatic nitrogens is 2. The van der Waals surface area contributed by atoms with E-state index < -0.39 is 0 Å². The quantitative estimate of drug-likeness (QED) is 0.845. The maximum atomic E-state index is 9.82. The van der Waals surface area contributed by atoms with E-state index in [1.807, 2.05) is 25.1 Å². The number of aliphatic hydroxyl groups is 1. The number of nitrogens with zero attached hydrogens (tertiary/aromatic N) is 3. The zero-order chi connectivity index (χ0) is 16.8. The van der Waals surface area contributed by atoms with E-state index in [4.69, 9.17) is 4.52 Å². The topological polar surface area (TPSA) is 62.4 Å². The molecule has 5 nitrogen and oxygen atoms in total. The van der Waals surface area contributed by atoms with Crippen LogP contribution in [0.15, 0.2) is 34.9 Å². The van der Waals surface area contributed by atoms with Gasteiger partial charge in [-0.05, 0) is 25.3 Å². The lowest BCUT2D eigenvalue weighted by Crippen LogP contribution is -2.40. The molecule has 1 aliphatic rings. The van der Waals surface area contributed by atoms with Crippen LogP contribution in [0.4, 0.5) is 0 Å². The summed E-state index contributed by atoms with van der Waals surface area (Å²) < 4.78 is 5.46. The lowest BCUT2D eigenvalue weighted by molar-refractivity contribution is 0.0689. The van der Waals surface area contributed by atoms with Crippen LogP contribution in [-0.2, 0) is 13.0 Å². The number of aliphatic hydroxyl groups excluding tert-OH is 1. The van der Waals surface area contributed by atoms with Gasteiger partial charge in [0.25, 0.3) is 0 Å². The molecule has 0 radical (unpaired) electrons. The van der Waals surface area contributed by atoms with Gasteiger partial charge < -0.3 is 9.63 Å². The average Bonchev–Trinajstić information content (AvgIpc) is 3.02. The summed E-state index contributed by atoms with van der Waals surface area (Å²) in [5, 5.41) is 13.9. The van der Waals surface area contributed by atoms with Crippen molar-refractivity contribution in [2.45, 2.75) is 64.1 Å². The van der Waals surface area contributed by atoms with Gasteiger partial charge >= 0.3 is 0 Å². The zero-order valence-electron chi connectivity index (χ0n) is 14.4. The Hall–Kier alpha value is -1.72. The van der Waals surface area contributed by atoms with Crippen molar-refractivity contribution >= 4 is 0 Å². The minimum Gasteiger partial charge on any atom is -0.392 e. The Morgan fingerprint density at radius 3 is 2.67 bits per heavy atom. The second-order valence-electron chi connectivity index (χ2n) is 6.84. The van der Waals surface area contributed by atoms with Crippen molar-refractivity contribution in [3.8, 4) is 0 Å². The van der Waals surface area contributed by atoms with Crippen molar-refractivity contribution in [2.75, 3.05) is 6.54 Å². The van der Waals surface area contributed by atoms with Gasteiger partial charge in [-0.3, -0.25) is 4.90 Å². The van der Waals surface area contributed by atoms with Gasteiger partial charge in [0.2, 0.25) is 5.89 Å². The molecule has 0 spiro atoms. The molecule has 1 saturated carbocycles. The Bertz CT molecular complexity index is 606. The molecule has 24 heavy (non-hydrogen) atoms. The van der Waals surface area contributed by atoms with Crippen LogP contribution in [0, 0.1) is 0 Å². The lowest BCUT2D eigenvalue weighted by atomic mass is 9.94. The molecular formula is C19H27N3O2. The predicted octanol–water partition coefficient (Wildman–Crippen LogP) is 3.18. The summed E-state index contributed by atoms with van der Waals surface area (Å²) in [6.45, 7) is 3.11. The number of hydrogen-bond donors (Lipinski definition) is 1. The molecule has 1 atom stereocenters. The highest BCUT2D eigenvalue weighted by Gasteiger charge is 2.24. The molecule has 1 heterocycles. The smallest absolute Gasteiger partial charge is 0.240 e. The Kier molecular flexibility index (Phi) is 5.99. The van der Waals surface area contributed by atoms with Gasteiger partial charge in [-0.15, -0.1) is 0 Å². The van der Waals surface area contributed by atoms with Crippen molar-refractivity contribution in [3.05, 3.63) is 47.6 Å². The van der Waals surface area contributed by atoms with Crippen LogP contribution in [0.1, 0.15) is 56.3 Å². The second-order valence-corrected chi connectivity index (χ2v) is 6.84. The lowest BCUT2D eigenvalue weighted by Gasteiger charge is -2.34. The zero-order valence-corrected chi connectivity index (χ0v) is 14.4. The van der Waals surface area contributed by atoms with Gasteiger partial charge in [0.1, 0.15) is 0 Å². The summed E-state index contributed by atoms with van der Waals surface area (Å²) >= 11 is 0. The van der Waals surface area contributed by atoms with E-state index in [0.29, 0.717) is 31.4 Å². The van der Waals surface area contributed by atoms with Crippen molar-refractivity contribution in [2.24, 2.45) is 0 Å². The minimum atomic E-state index is -0.348. The van der Waals surface area contributed by atoms with Crippen molar-refractivity contribution < 1.29 is 9.63 Å². The van der Waals surface area contributed by atoms with E-state index >= 15 is 0 Å². The Balaban J connectivity index is 1.63. The SMILES string of the molecule is CC(O)CN(Cc1nc(Cc2ccccc2)no1)C1CCCCC1. The fourth-order valence-electron chi connectivity index (χ4n) is 3.51. The van der Waals surface area contributed by atoms with Crippen LogP contribution in [0.25, 0.3) is 0 Å². The first-order chi connectivity index (χ1) is 11.7. The molecule has 0 aliphatic heterocycles. The van der Waals surface area contributed by atoms with Crippen LogP contribution < -0.4 is 0 Å². The Morgan fingerprint density at radius 2 is 1.96 bits per heavy atom. The maximum Gasteiger partial charge on any atom is 0.240 e. The highest BCUT2D eigenvalue weighted by Crippen LogP contribution is 2.24. The van der Waals surface area contributed by atoms with Gasteiger partial charge in [-0.2, -0.15) is 4.98 Å². The molecule has 2 aromatic rings. The third-order valence-electron chi connectivity index (χ3n) is 4.64. The molecule has 0 bridgehead atoms. The van der Waals surface area contributed by atoms with Crippen LogP contribution in [0.2, 0.25) is 0 Å². The molecule has 1 fully saturated rings. The standard InChI is InChI=1S/C19H27N3O2/c1-15(23)13-22(17-10-6-3-7-11-17)14-19-20-18(21-24-19)12-16-8-4-2-5-9-16/h2,4-5,8-9,15,17,23H,3,6-7,10-14H2,1H3. The summed E-state index contributed by atoms with van der Waals surface area (Å²) in [7, 11) is 0. The molecule has 1 aromatic carbocycles. The van der Waals surface area contributed by atoms with Gasteiger partial charge in [0, 0.05) is 19.0 Å². The molecule has 1 aromatic heterocycles. The number of hydrogen-bond acceptors (Lipinski definition) is 5. The van der Waals surface area contributed by atoms with Gasteiger partial charge in [0.05, 0.1) is 12.6 Å². The second kappa shape index (κ2) is 8.40. The summed E-state index contributed by atoms with van der Waals surface area (Å²) in [4.78, 5) is 6.86. The first-order valence-electron chi connectivity index (χ1n) is 8.98. The molecule has 130 valence electrons. The van der Waals surface area contributed by atoms with Gasteiger partial charge in [-0.25, -0.2) is 0 Å². The first-order valence-corrected chi connectivity index (χ1v) is 8.98. The predicted molar refractivity (Wildman–Crippen MR) is 92.5 cm³/mol. The number of benzene rings is 1. The number of rotatable bonds is 7.